The van der Waals surface area contributed by atoms with Gasteiger partial charge in [-0.05, 0) is 43.2 Å². The molecule has 4 heteroatoms. The Bertz CT molecular complexity index is 603. The summed E-state index contributed by atoms with van der Waals surface area (Å²) in [5, 5.41) is 13.4. The number of nitrogens with one attached hydrogen (secondary N) is 1. The zero-order chi connectivity index (χ0) is 15.9. The minimum atomic E-state index is -0.551. The van der Waals surface area contributed by atoms with Crippen LogP contribution in [0.5, 0.6) is 5.75 Å². The fourth-order valence-corrected chi connectivity index (χ4v) is 2.83. The summed E-state index contributed by atoms with van der Waals surface area (Å²) in [5.41, 5.74) is 2.32. The summed E-state index contributed by atoms with van der Waals surface area (Å²) < 4.78 is 6.68. The van der Waals surface area contributed by atoms with Crippen molar-refractivity contribution in [1.82, 2.24) is 5.32 Å². The molecule has 0 bridgehead atoms. The number of aliphatic hydroxyl groups is 1. The van der Waals surface area contributed by atoms with Crippen molar-refractivity contribution in [2.24, 2.45) is 0 Å². The van der Waals surface area contributed by atoms with Gasteiger partial charge in [-0.3, -0.25) is 0 Å². The first-order valence-electron chi connectivity index (χ1n) is 7.41. The lowest BCUT2D eigenvalue weighted by atomic mass is 10.1. The third-order valence-corrected chi connectivity index (χ3v) is 4.19. The summed E-state index contributed by atoms with van der Waals surface area (Å²) in [7, 11) is 0. The van der Waals surface area contributed by atoms with Crippen LogP contribution in [0.2, 0.25) is 0 Å². The summed E-state index contributed by atoms with van der Waals surface area (Å²) in [6, 6.07) is 16.1. The van der Waals surface area contributed by atoms with E-state index in [1.165, 1.54) is 5.56 Å². The first-order chi connectivity index (χ1) is 10.6. The van der Waals surface area contributed by atoms with Crippen LogP contribution in [-0.4, -0.2) is 24.4 Å². The van der Waals surface area contributed by atoms with Crippen molar-refractivity contribution in [2.45, 2.75) is 26.0 Å². The Kier molecular flexibility index (Phi) is 6.43. The third-order valence-electron chi connectivity index (χ3n) is 3.46. The van der Waals surface area contributed by atoms with Crippen molar-refractivity contribution >= 4 is 15.9 Å². The minimum Gasteiger partial charge on any atom is -0.491 e. The molecule has 0 radical (unpaired) electrons. The summed E-state index contributed by atoms with van der Waals surface area (Å²) in [4.78, 5) is 0. The van der Waals surface area contributed by atoms with E-state index < -0.39 is 6.10 Å². The highest BCUT2D eigenvalue weighted by Gasteiger charge is 2.11. The van der Waals surface area contributed by atoms with Crippen LogP contribution >= 0.6 is 15.9 Å². The van der Waals surface area contributed by atoms with Gasteiger partial charge in [0.2, 0.25) is 0 Å². The topological polar surface area (TPSA) is 41.5 Å². The van der Waals surface area contributed by atoms with Gasteiger partial charge in [-0.25, -0.2) is 0 Å². The summed E-state index contributed by atoms with van der Waals surface area (Å²) in [6.45, 7) is 4.85. The number of hydrogen-bond acceptors (Lipinski definition) is 3. The molecule has 0 aliphatic heterocycles. The number of hydrogen-bond donors (Lipinski definition) is 2. The highest BCUT2D eigenvalue weighted by Crippen LogP contribution is 2.22. The van der Waals surface area contributed by atoms with Gasteiger partial charge in [-0.1, -0.05) is 46.3 Å². The van der Waals surface area contributed by atoms with Crippen LogP contribution in [0.4, 0.5) is 0 Å². The Labute approximate surface area is 140 Å². The van der Waals surface area contributed by atoms with Crippen LogP contribution in [0.1, 0.15) is 24.1 Å². The van der Waals surface area contributed by atoms with Crippen LogP contribution in [0, 0.1) is 6.92 Å². The molecule has 0 saturated carbocycles. The van der Waals surface area contributed by atoms with Gasteiger partial charge in [-0.15, -0.1) is 0 Å². The Balaban J connectivity index is 1.78. The van der Waals surface area contributed by atoms with Crippen molar-refractivity contribution in [3.8, 4) is 5.75 Å². The van der Waals surface area contributed by atoms with Crippen molar-refractivity contribution in [2.75, 3.05) is 13.2 Å². The Hall–Kier alpha value is -1.36. The van der Waals surface area contributed by atoms with E-state index in [-0.39, 0.29) is 12.6 Å². The molecule has 2 atom stereocenters. The van der Waals surface area contributed by atoms with Crippen LogP contribution in [0.25, 0.3) is 0 Å². The molecule has 0 aliphatic rings. The molecule has 118 valence electrons. The minimum absolute atomic E-state index is 0.157. The number of halogens is 1. The lowest BCUT2D eigenvalue weighted by Crippen LogP contribution is -2.33. The van der Waals surface area contributed by atoms with Crippen LogP contribution in [0.15, 0.2) is 53.0 Å². The smallest absolute Gasteiger partial charge is 0.119 e. The van der Waals surface area contributed by atoms with Crippen molar-refractivity contribution in [1.29, 1.82) is 0 Å². The van der Waals surface area contributed by atoms with Gasteiger partial charge in [0.05, 0.1) is 0 Å². The summed E-state index contributed by atoms with van der Waals surface area (Å²) >= 11 is 3.54. The third kappa shape index (κ3) is 5.13. The lowest BCUT2D eigenvalue weighted by molar-refractivity contribution is 0.104. The number of aliphatic hydroxyl groups excluding tert-OH is 1. The number of ether oxygens (including phenoxy) is 1. The maximum Gasteiger partial charge on any atom is 0.119 e. The molecule has 3 nitrogen and oxygen atoms in total. The number of aryl methyl sites for hydroxylation is 1. The van der Waals surface area contributed by atoms with Gasteiger partial charge in [0.1, 0.15) is 18.5 Å². The Morgan fingerprint density at radius 3 is 2.68 bits per heavy atom. The molecule has 2 unspecified atom stereocenters. The first kappa shape index (κ1) is 17.0. The average molecular weight is 364 g/mol. The van der Waals surface area contributed by atoms with Gasteiger partial charge in [-0.2, -0.15) is 0 Å². The van der Waals surface area contributed by atoms with Gasteiger partial charge in [0, 0.05) is 17.1 Å². The number of rotatable bonds is 7. The van der Waals surface area contributed by atoms with E-state index >= 15 is 0 Å². The second-order valence-electron chi connectivity index (χ2n) is 5.43. The van der Waals surface area contributed by atoms with E-state index in [4.69, 9.17) is 4.74 Å². The number of benzene rings is 2. The molecule has 2 rings (SSSR count). The van der Waals surface area contributed by atoms with Gasteiger partial charge in [0.15, 0.2) is 0 Å². The quantitative estimate of drug-likeness (QED) is 0.784. The van der Waals surface area contributed by atoms with E-state index in [1.807, 2.05) is 49.4 Å². The zero-order valence-electron chi connectivity index (χ0n) is 12.9. The van der Waals surface area contributed by atoms with Crippen LogP contribution < -0.4 is 10.1 Å². The Morgan fingerprint density at radius 1 is 1.18 bits per heavy atom. The highest BCUT2D eigenvalue weighted by atomic mass is 79.9. The molecule has 22 heavy (non-hydrogen) atoms. The van der Waals surface area contributed by atoms with E-state index in [1.54, 1.807) is 0 Å². The SMILES string of the molecule is Cc1cccc(OCC(O)CNC(C)c2ccccc2Br)c1. The molecular weight excluding hydrogens is 342 g/mol. The summed E-state index contributed by atoms with van der Waals surface area (Å²) in [5.74, 6) is 0.790. The van der Waals surface area contributed by atoms with Crippen LogP contribution in [-0.2, 0) is 0 Å². The molecule has 2 aromatic carbocycles. The van der Waals surface area contributed by atoms with Gasteiger partial charge < -0.3 is 15.2 Å². The molecular formula is C18H22BrNO2. The van der Waals surface area contributed by atoms with Crippen molar-refractivity contribution in [3.05, 3.63) is 64.1 Å². The predicted octanol–water partition coefficient (Wildman–Crippen LogP) is 3.85. The second-order valence-corrected chi connectivity index (χ2v) is 6.29. The molecule has 0 heterocycles. The van der Waals surface area contributed by atoms with Crippen molar-refractivity contribution < 1.29 is 9.84 Å². The molecule has 0 fully saturated rings. The molecule has 2 N–H and O–H groups in total. The molecule has 0 aromatic heterocycles. The first-order valence-corrected chi connectivity index (χ1v) is 8.21. The molecule has 0 spiro atoms. The van der Waals surface area contributed by atoms with Gasteiger partial charge in [0.25, 0.3) is 0 Å². The van der Waals surface area contributed by atoms with Gasteiger partial charge >= 0.3 is 0 Å². The molecule has 2 aromatic rings. The molecule has 0 saturated heterocycles. The highest BCUT2D eigenvalue weighted by molar-refractivity contribution is 9.10. The monoisotopic (exact) mass is 363 g/mol. The lowest BCUT2D eigenvalue weighted by Gasteiger charge is -2.19. The largest absolute Gasteiger partial charge is 0.491 e. The fraction of sp³-hybridized carbons (Fsp3) is 0.333. The summed E-state index contributed by atoms with van der Waals surface area (Å²) in [6.07, 6.45) is -0.551. The zero-order valence-corrected chi connectivity index (χ0v) is 14.5. The van der Waals surface area contributed by atoms with E-state index in [9.17, 15) is 5.11 Å². The Morgan fingerprint density at radius 2 is 1.95 bits per heavy atom. The van der Waals surface area contributed by atoms with Crippen LogP contribution in [0.3, 0.4) is 0 Å². The maximum atomic E-state index is 10.0. The standard InChI is InChI=1S/C18H22BrNO2/c1-13-6-5-7-16(10-13)22-12-15(21)11-20-14(2)17-8-3-4-9-18(17)19/h3-10,14-15,20-21H,11-12H2,1-2H3. The predicted molar refractivity (Wildman–Crippen MR) is 93.2 cm³/mol. The normalized spacial score (nSPS) is 13.6. The molecule has 0 aliphatic carbocycles. The second kappa shape index (κ2) is 8.32. The fourth-order valence-electron chi connectivity index (χ4n) is 2.21. The van der Waals surface area contributed by atoms with E-state index in [0.717, 1.165) is 15.8 Å². The van der Waals surface area contributed by atoms with E-state index in [2.05, 4.69) is 34.2 Å². The van der Waals surface area contributed by atoms with Crippen molar-refractivity contribution in [3.63, 3.8) is 0 Å². The maximum absolute atomic E-state index is 10.0. The molecule has 0 amide bonds. The van der Waals surface area contributed by atoms with E-state index in [0.29, 0.717) is 6.54 Å². The average Bonchev–Trinajstić information content (AvgIpc) is 2.51.